The maximum absolute atomic E-state index is 2.86. The van der Waals surface area contributed by atoms with Crippen LogP contribution in [0.15, 0.2) is 60.9 Å². The molecule has 1 aromatic carbocycles. The van der Waals surface area contributed by atoms with Crippen LogP contribution < -0.4 is 0 Å². The summed E-state index contributed by atoms with van der Waals surface area (Å²) in [4.78, 5) is 2.86. The first-order valence-electron chi connectivity index (χ1n) is 3.58. The van der Waals surface area contributed by atoms with Crippen LogP contribution in [-0.4, -0.2) is 10.5 Å². The number of rotatable bonds is 0. The zero-order valence-electron chi connectivity index (χ0n) is 6.77. The normalized spacial score (nSPS) is 7.33. The van der Waals surface area contributed by atoms with Crippen LogP contribution in [0.4, 0.5) is 0 Å². The van der Waals surface area contributed by atoms with Crippen LogP contribution in [0, 0.1) is 0 Å². The highest BCUT2D eigenvalue weighted by molar-refractivity contribution is 4.99. The van der Waals surface area contributed by atoms with E-state index in [0.29, 0.717) is 0 Å². The molecule has 1 heterocycles. The van der Waals surface area contributed by atoms with Gasteiger partial charge < -0.3 is 10.5 Å². The smallest absolute Gasteiger partial charge is 0.000496 e. The van der Waals surface area contributed by atoms with Gasteiger partial charge in [0.1, 0.15) is 0 Å². The molecular formula is C10H13NO. The number of H-pyrrole nitrogens is 1. The SMILES string of the molecule is O.c1cc[nH]c1.c1ccccc1. The van der Waals surface area contributed by atoms with Crippen LogP contribution in [0.1, 0.15) is 0 Å². The molecule has 0 bridgehead atoms. The summed E-state index contributed by atoms with van der Waals surface area (Å²) in [7, 11) is 0. The number of benzene rings is 1. The van der Waals surface area contributed by atoms with Gasteiger partial charge in [-0.2, -0.15) is 0 Å². The lowest BCUT2D eigenvalue weighted by Gasteiger charge is -1.69. The van der Waals surface area contributed by atoms with Crippen LogP contribution in [0.25, 0.3) is 0 Å². The molecule has 2 heteroatoms. The molecule has 2 rings (SSSR count). The maximum Gasteiger partial charge on any atom is 0.000496 e. The zero-order chi connectivity index (χ0) is 7.78. The zero-order valence-corrected chi connectivity index (χ0v) is 6.77. The Kier molecular flexibility index (Phi) is 6.59. The Hall–Kier alpha value is -1.54. The molecule has 64 valence electrons. The predicted molar refractivity (Wildman–Crippen MR) is 50.8 cm³/mol. The first-order valence-corrected chi connectivity index (χ1v) is 3.58. The number of aromatic nitrogens is 1. The largest absolute Gasteiger partial charge is 0.412 e. The lowest BCUT2D eigenvalue weighted by molar-refractivity contribution is 0.824. The predicted octanol–water partition coefficient (Wildman–Crippen LogP) is 1.88. The van der Waals surface area contributed by atoms with Crippen molar-refractivity contribution in [2.45, 2.75) is 0 Å². The van der Waals surface area contributed by atoms with Crippen molar-refractivity contribution in [2.24, 2.45) is 0 Å². The molecule has 0 unspecified atom stereocenters. The molecule has 12 heavy (non-hydrogen) atoms. The van der Waals surface area contributed by atoms with Gasteiger partial charge in [0.2, 0.25) is 0 Å². The molecular weight excluding hydrogens is 150 g/mol. The van der Waals surface area contributed by atoms with Crippen LogP contribution in [0.5, 0.6) is 0 Å². The van der Waals surface area contributed by atoms with E-state index in [2.05, 4.69) is 4.98 Å². The lowest BCUT2D eigenvalue weighted by Crippen LogP contribution is -1.47. The Morgan fingerprint density at radius 1 is 0.500 bits per heavy atom. The van der Waals surface area contributed by atoms with Gasteiger partial charge in [0, 0.05) is 12.4 Å². The quantitative estimate of drug-likeness (QED) is 0.616. The minimum atomic E-state index is 0. The molecule has 1 aromatic heterocycles. The highest BCUT2D eigenvalue weighted by Crippen LogP contribution is 1.79. The number of nitrogens with one attached hydrogen (secondary N) is 1. The van der Waals surface area contributed by atoms with E-state index in [1.807, 2.05) is 60.9 Å². The van der Waals surface area contributed by atoms with Crippen molar-refractivity contribution < 1.29 is 5.48 Å². The lowest BCUT2D eigenvalue weighted by atomic mass is 10.4. The molecule has 3 N–H and O–H groups in total. The minimum absolute atomic E-state index is 0. The summed E-state index contributed by atoms with van der Waals surface area (Å²) in [6.45, 7) is 0. The standard InChI is InChI=1S/C6H6.C4H5N.H2O/c1-2-4-6-5-3-1;1-2-4-5-3-1;/h1-6H;1-5H;1H2. The molecule has 2 nitrogen and oxygen atoms in total. The summed E-state index contributed by atoms with van der Waals surface area (Å²) < 4.78 is 0. The molecule has 0 aliphatic heterocycles. The second kappa shape index (κ2) is 7.57. The van der Waals surface area contributed by atoms with Crippen molar-refractivity contribution >= 4 is 0 Å². The highest BCUT2D eigenvalue weighted by Gasteiger charge is 1.58. The van der Waals surface area contributed by atoms with Gasteiger partial charge in [0.25, 0.3) is 0 Å². The summed E-state index contributed by atoms with van der Waals surface area (Å²) in [5.74, 6) is 0. The average Bonchev–Trinajstić information content (AvgIpc) is 2.64. The summed E-state index contributed by atoms with van der Waals surface area (Å²) >= 11 is 0. The fraction of sp³-hybridized carbons (Fsp3) is 0. The topological polar surface area (TPSA) is 47.3 Å². The van der Waals surface area contributed by atoms with E-state index in [1.54, 1.807) is 0 Å². The van der Waals surface area contributed by atoms with E-state index >= 15 is 0 Å². The molecule has 0 atom stereocenters. The number of aromatic amines is 1. The van der Waals surface area contributed by atoms with Crippen LogP contribution >= 0.6 is 0 Å². The molecule has 0 amide bonds. The number of hydrogen-bond acceptors (Lipinski definition) is 0. The highest BCUT2D eigenvalue weighted by atomic mass is 16.0. The van der Waals surface area contributed by atoms with Crippen LogP contribution in [-0.2, 0) is 0 Å². The minimum Gasteiger partial charge on any atom is -0.412 e. The van der Waals surface area contributed by atoms with Crippen LogP contribution in [0.2, 0.25) is 0 Å². The van der Waals surface area contributed by atoms with Gasteiger partial charge in [-0.1, -0.05) is 36.4 Å². The van der Waals surface area contributed by atoms with Gasteiger partial charge in [-0.3, -0.25) is 0 Å². The molecule has 0 spiro atoms. The van der Waals surface area contributed by atoms with Gasteiger partial charge in [0.05, 0.1) is 0 Å². The van der Waals surface area contributed by atoms with Gasteiger partial charge in [0.15, 0.2) is 0 Å². The maximum atomic E-state index is 2.86. The molecule has 0 saturated carbocycles. The third-order valence-corrected chi connectivity index (χ3v) is 1.16. The Labute approximate surface area is 72.2 Å². The van der Waals surface area contributed by atoms with Crippen molar-refractivity contribution in [3.63, 3.8) is 0 Å². The van der Waals surface area contributed by atoms with Gasteiger partial charge in [-0.25, -0.2) is 0 Å². The van der Waals surface area contributed by atoms with Crippen molar-refractivity contribution in [1.82, 2.24) is 4.98 Å². The monoisotopic (exact) mass is 163 g/mol. The Bertz CT molecular complexity index is 196. The van der Waals surface area contributed by atoms with Gasteiger partial charge in [-0.05, 0) is 12.1 Å². The Morgan fingerprint density at radius 3 is 1.00 bits per heavy atom. The second-order valence-electron chi connectivity index (χ2n) is 2.04. The first kappa shape index (κ1) is 10.5. The fourth-order valence-electron chi connectivity index (χ4n) is 0.663. The van der Waals surface area contributed by atoms with E-state index in [4.69, 9.17) is 0 Å². The van der Waals surface area contributed by atoms with E-state index in [9.17, 15) is 0 Å². The number of hydrogen-bond donors (Lipinski definition) is 1. The van der Waals surface area contributed by atoms with Crippen molar-refractivity contribution in [2.75, 3.05) is 0 Å². The summed E-state index contributed by atoms with van der Waals surface area (Å²) in [6, 6.07) is 15.9. The first-order chi connectivity index (χ1) is 5.50. The van der Waals surface area contributed by atoms with Crippen molar-refractivity contribution in [1.29, 1.82) is 0 Å². The van der Waals surface area contributed by atoms with Gasteiger partial charge in [-0.15, -0.1) is 0 Å². The van der Waals surface area contributed by atoms with Crippen molar-refractivity contribution in [3.05, 3.63) is 60.9 Å². The molecule has 0 aliphatic rings. The second-order valence-corrected chi connectivity index (χ2v) is 2.04. The third-order valence-electron chi connectivity index (χ3n) is 1.16. The third kappa shape index (κ3) is 5.26. The molecule has 2 aromatic rings. The Balaban J connectivity index is 0.000000189. The molecule has 0 saturated heterocycles. The average molecular weight is 163 g/mol. The van der Waals surface area contributed by atoms with E-state index in [1.165, 1.54) is 0 Å². The van der Waals surface area contributed by atoms with Crippen molar-refractivity contribution in [3.8, 4) is 0 Å². The summed E-state index contributed by atoms with van der Waals surface area (Å²) in [6.07, 6.45) is 3.75. The van der Waals surface area contributed by atoms with Crippen LogP contribution in [0.3, 0.4) is 0 Å². The van der Waals surface area contributed by atoms with E-state index < -0.39 is 0 Å². The fourth-order valence-corrected chi connectivity index (χ4v) is 0.663. The summed E-state index contributed by atoms with van der Waals surface area (Å²) in [5.41, 5.74) is 0. The summed E-state index contributed by atoms with van der Waals surface area (Å²) in [5, 5.41) is 0. The molecule has 0 fully saturated rings. The van der Waals surface area contributed by atoms with Gasteiger partial charge >= 0.3 is 0 Å². The van der Waals surface area contributed by atoms with E-state index in [0.717, 1.165) is 0 Å². The van der Waals surface area contributed by atoms with E-state index in [-0.39, 0.29) is 5.48 Å². The Morgan fingerprint density at radius 2 is 0.833 bits per heavy atom. The molecule has 0 aliphatic carbocycles. The molecule has 0 radical (unpaired) electrons.